The third-order valence-corrected chi connectivity index (χ3v) is 5.58. The minimum Gasteiger partial charge on any atom is -0.238 e. The van der Waals surface area contributed by atoms with Crippen molar-refractivity contribution in [2.75, 3.05) is 27.2 Å². The fourth-order valence-electron chi connectivity index (χ4n) is 2.31. The molecule has 1 fully saturated rings. The second-order valence-electron chi connectivity index (χ2n) is 5.15. The first-order valence-corrected chi connectivity index (χ1v) is 8.27. The quantitative estimate of drug-likeness (QED) is 0.791. The lowest BCUT2D eigenvalue weighted by Crippen LogP contribution is -2.44. The maximum atomic E-state index is 12.0. The van der Waals surface area contributed by atoms with Crippen LogP contribution in [-0.2, 0) is 10.2 Å². The molecule has 20 heavy (non-hydrogen) atoms. The van der Waals surface area contributed by atoms with Crippen molar-refractivity contribution < 1.29 is 8.42 Å². The van der Waals surface area contributed by atoms with E-state index in [1.807, 2.05) is 6.92 Å². The average molecular weight is 319 g/mol. The van der Waals surface area contributed by atoms with E-state index in [4.69, 9.17) is 11.6 Å². The SMILES string of the molecule is Cc1cc(Cl)nc(C2CCN(S(=O)(=O)N(C)C)CC2)n1. The summed E-state index contributed by atoms with van der Waals surface area (Å²) in [6.45, 7) is 2.85. The highest BCUT2D eigenvalue weighted by molar-refractivity contribution is 7.86. The van der Waals surface area contributed by atoms with E-state index in [2.05, 4.69) is 9.97 Å². The minimum absolute atomic E-state index is 0.168. The molecule has 0 saturated carbocycles. The summed E-state index contributed by atoms with van der Waals surface area (Å²) in [5.41, 5.74) is 0.836. The van der Waals surface area contributed by atoms with Gasteiger partial charge in [-0.15, -0.1) is 0 Å². The predicted octanol–water partition coefficient (Wildman–Crippen LogP) is 1.42. The molecule has 1 aliphatic rings. The van der Waals surface area contributed by atoms with Gasteiger partial charge in [0.15, 0.2) is 0 Å². The number of hydrogen-bond acceptors (Lipinski definition) is 4. The van der Waals surface area contributed by atoms with Gasteiger partial charge in [-0.25, -0.2) is 9.97 Å². The van der Waals surface area contributed by atoms with Crippen molar-refractivity contribution in [2.24, 2.45) is 0 Å². The summed E-state index contributed by atoms with van der Waals surface area (Å²) in [5, 5.41) is 0.441. The van der Waals surface area contributed by atoms with Crippen LogP contribution in [0, 0.1) is 6.92 Å². The van der Waals surface area contributed by atoms with Gasteiger partial charge in [-0.3, -0.25) is 0 Å². The number of rotatable bonds is 3. The Hall–Kier alpha value is -0.760. The van der Waals surface area contributed by atoms with Crippen molar-refractivity contribution >= 4 is 21.8 Å². The van der Waals surface area contributed by atoms with E-state index in [1.165, 1.54) is 8.61 Å². The molecule has 8 heteroatoms. The second kappa shape index (κ2) is 5.93. The molecule has 0 amide bonds. The summed E-state index contributed by atoms with van der Waals surface area (Å²) >= 11 is 5.95. The molecular formula is C12H19ClN4O2S. The Kier molecular flexibility index (Phi) is 4.63. The van der Waals surface area contributed by atoms with Crippen LogP contribution in [0.25, 0.3) is 0 Å². The van der Waals surface area contributed by atoms with E-state index < -0.39 is 10.2 Å². The summed E-state index contributed by atoms with van der Waals surface area (Å²) in [6, 6.07) is 1.72. The van der Waals surface area contributed by atoms with E-state index in [0.717, 1.165) is 11.5 Å². The van der Waals surface area contributed by atoms with Gasteiger partial charge in [0.2, 0.25) is 0 Å². The highest BCUT2D eigenvalue weighted by Crippen LogP contribution is 2.28. The normalized spacial score (nSPS) is 18.6. The molecule has 2 rings (SSSR count). The Morgan fingerprint density at radius 1 is 1.30 bits per heavy atom. The van der Waals surface area contributed by atoms with Crippen LogP contribution in [-0.4, -0.2) is 54.2 Å². The molecule has 1 saturated heterocycles. The Balaban J connectivity index is 2.08. The molecule has 6 nitrogen and oxygen atoms in total. The zero-order valence-electron chi connectivity index (χ0n) is 11.9. The summed E-state index contributed by atoms with van der Waals surface area (Å²) in [5.74, 6) is 0.887. The topological polar surface area (TPSA) is 66.4 Å². The van der Waals surface area contributed by atoms with Gasteiger partial charge in [-0.1, -0.05) is 11.6 Å². The molecule has 1 aromatic heterocycles. The van der Waals surface area contributed by atoms with Gasteiger partial charge in [-0.2, -0.15) is 17.0 Å². The highest BCUT2D eigenvalue weighted by atomic mass is 35.5. The van der Waals surface area contributed by atoms with E-state index >= 15 is 0 Å². The van der Waals surface area contributed by atoms with Crippen LogP contribution in [0.15, 0.2) is 6.07 Å². The minimum atomic E-state index is -3.32. The Bertz CT molecular complexity index is 563. The molecule has 0 bridgehead atoms. The fourth-order valence-corrected chi connectivity index (χ4v) is 3.69. The first kappa shape index (κ1) is 15.6. The Morgan fingerprint density at radius 2 is 1.90 bits per heavy atom. The number of hydrogen-bond donors (Lipinski definition) is 0. The van der Waals surface area contributed by atoms with Crippen molar-refractivity contribution in [1.29, 1.82) is 0 Å². The summed E-state index contributed by atoms with van der Waals surface area (Å²) in [7, 11) is -0.229. The zero-order valence-corrected chi connectivity index (χ0v) is 13.4. The van der Waals surface area contributed by atoms with Crippen LogP contribution in [0.2, 0.25) is 5.15 Å². The maximum Gasteiger partial charge on any atom is 0.281 e. The molecule has 0 aromatic carbocycles. The van der Waals surface area contributed by atoms with Crippen LogP contribution < -0.4 is 0 Å². The molecule has 112 valence electrons. The van der Waals surface area contributed by atoms with Crippen molar-refractivity contribution in [1.82, 2.24) is 18.6 Å². The van der Waals surface area contributed by atoms with Gasteiger partial charge in [0.25, 0.3) is 10.2 Å². The first-order valence-electron chi connectivity index (χ1n) is 6.49. The summed E-state index contributed by atoms with van der Waals surface area (Å²) in [6.07, 6.45) is 1.43. The fraction of sp³-hybridized carbons (Fsp3) is 0.667. The Labute approximate surface area is 125 Å². The largest absolute Gasteiger partial charge is 0.281 e. The maximum absolute atomic E-state index is 12.0. The van der Waals surface area contributed by atoms with Gasteiger partial charge in [0.05, 0.1) is 0 Å². The molecule has 0 atom stereocenters. The van der Waals surface area contributed by atoms with Gasteiger partial charge >= 0.3 is 0 Å². The van der Waals surface area contributed by atoms with E-state index in [1.54, 1.807) is 20.2 Å². The molecule has 1 aliphatic heterocycles. The average Bonchev–Trinajstić information content (AvgIpc) is 2.37. The van der Waals surface area contributed by atoms with Crippen molar-refractivity contribution in [3.05, 3.63) is 22.7 Å². The molecular weight excluding hydrogens is 300 g/mol. The highest BCUT2D eigenvalue weighted by Gasteiger charge is 2.31. The number of halogens is 1. The first-order chi connectivity index (χ1) is 9.30. The lowest BCUT2D eigenvalue weighted by atomic mass is 9.97. The number of piperidine rings is 1. The third-order valence-electron chi connectivity index (χ3n) is 3.45. The zero-order chi connectivity index (χ0) is 14.9. The van der Waals surface area contributed by atoms with Gasteiger partial charge in [0, 0.05) is 38.8 Å². The van der Waals surface area contributed by atoms with Crippen LogP contribution in [0.3, 0.4) is 0 Å². The lowest BCUT2D eigenvalue weighted by Gasteiger charge is -2.32. The Morgan fingerprint density at radius 3 is 2.40 bits per heavy atom. The lowest BCUT2D eigenvalue weighted by molar-refractivity contribution is 0.297. The van der Waals surface area contributed by atoms with Crippen LogP contribution in [0.5, 0.6) is 0 Å². The predicted molar refractivity (Wildman–Crippen MR) is 77.9 cm³/mol. The molecule has 0 aliphatic carbocycles. The molecule has 1 aromatic rings. The molecule has 0 N–H and O–H groups in total. The standard InChI is InChI=1S/C12H19ClN4O2S/c1-9-8-11(13)15-12(14-9)10-4-6-17(7-5-10)20(18,19)16(2)3/h8,10H,4-7H2,1-3H3. The van der Waals surface area contributed by atoms with Crippen molar-refractivity contribution in [3.8, 4) is 0 Å². The number of aromatic nitrogens is 2. The van der Waals surface area contributed by atoms with E-state index in [0.29, 0.717) is 31.1 Å². The van der Waals surface area contributed by atoms with Crippen molar-refractivity contribution in [2.45, 2.75) is 25.7 Å². The molecule has 2 heterocycles. The second-order valence-corrected chi connectivity index (χ2v) is 7.68. The molecule has 0 unspecified atom stereocenters. The number of aryl methyl sites for hydroxylation is 1. The van der Waals surface area contributed by atoms with E-state index in [-0.39, 0.29) is 5.92 Å². The molecule has 0 radical (unpaired) electrons. The van der Waals surface area contributed by atoms with Crippen LogP contribution in [0.1, 0.15) is 30.3 Å². The molecule has 0 spiro atoms. The summed E-state index contributed by atoms with van der Waals surface area (Å²) in [4.78, 5) is 8.66. The van der Waals surface area contributed by atoms with Crippen LogP contribution >= 0.6 is 11.6 Å². The van der Waals surface area contributed by atoms with Gasteiger partial charge < -0.3 is 0 Å². The van der Waals surface area contributed by atoms with Crippen molar-refractivity contribution in [3.63, 3.8) is 0 Å². The van der Waals surface area contributed by atoms with Gasteiger partial charge in [-0.05, 0) is 25.8 Å². The van der Waals surface area contributed by atoms with Gasteiger partial charge in [0.1, 0.15) is 11.0 Å². The van der Waals surface area contributed by atoms with Crippen LogP contribution in [0.4, 0.5) is 0 Å². The number of nitrogens with zero attached hydrogens (tertiary/aromatic N) is 4. The monoisotopic (exact) mass is 318 g/mol. The smallest absolute Gasteiger partial charge is 0.238 e. The third kappa shape index (κ3) is 3.28. The van der Waals surface area contributed by atoms with E-state index in [9.17, 15) is 8.42 Å². The summed E-state index contributed by atoms with van der Waals surface area (Å²) < 4.78 is 26.8.